The molecule has 24 heavy (non-hydrogen) atoms. The van der Waals surface area contributed by atoms with E-state index in [2.05, 4.69) is 10.6 Å². The zero-order valence-electron chi connectivity index (χ0n) is 14.1. The highest BCUT2D eigenvalue weighted by molar-refractivity contribution is 6.02. The molecule has 2 aromatic rings. The van der Waals surface area contributed by atoms with E-state index in [1.807, 2.05) is 32.9 Å². The van der Waals surface area contributed by atoms with Gasteiger partial charge in [0.15, 0.2) is 5.76 Å². The van der Waals surface area contributed by atoms with Crippen LogP contribution in [-0.2, 0) is 11.3 Å². The normalized spacial score (nSPS) is 12.5. The minimum atomic E-state index is -0.565. The lowest BCUT2D eigenvalue weighted by Gasteiger charge is -2.25. The molecule has 1 aromatic carbocycles. The molecule has 6 nitrogen and oxygen atoms in total. The first-order valence-electron chi connectivity index (χ1n) is 7.74. The van der Waals surface area contributed by atoms with E-state index >= 15 is 0 Å². The van der Waals surface area contributed by atoms with Crippen LogP contribution in [0.4, 0.5) is 5.69 Å². The zero-order chi connectivity index (χ0) is 17.7. The van der Waals surface area contributed by atoms with Crippen LogP contribution in [0.5, 0.6) is 0 Å². The number of carbonyl (C=O) groups excluding carboxylic acids is 2. The van der Waals surface area contributed by atoms with E-state index in [0.29, 0.717) is 12.2 Å². The Morgan fingerprint density at radius 2 is 1.83 bits per heavy atom. The maximum atomic E-state index is 12.0. The van der Waals surface area contributed by atoms with Crippen molar-refractivity contribution in [2.75, 3.05) is 5.32 Å². The number of benzene rings is 1. The monoisotopic (exact) mass is 329 g/mol. The van der Waals surface area contributed by atoms with Crippen LogP contribution in [0.15, 0.2) is 47.1 Å². The summed E-state index contributed by atoms with van der Waals surface area (Å²) in [5.41, 5.74) is 7.20. The molecule has 0 spiro atoms. The van der Waals surface area contributed by atoms with Crippen molar-refractivity contribution in [1.82, 2.24) is 5.32 Å². The van der Waals surface area contributed by atoms with Gasteiger partial charge in [-0.05, 0) is 35.2 Å². The maximum absolute atomic E-state index is 12.0. The van der Waals surface area contributed by atoms with Crippen molar-refractivity contribution in [3.63, 3.8) is 0 Å². The average molecular weight is 329 g/mol. The Balaban J connectivity index is 1.88. The van der Waals surface area contributed by atoms with Gasteiger partial charge in [0.25, 0.3) is 5.91 Å². The molecule has 1 heterocycles. The van der Waals surface area contributed by atoms with E-state index in [1.165, 1.54) is 6.26 Å². The molecular formula is C18H23N3O3. The third-order valence-electron chi connectivity index (χ3n) is 3.64. The Bertz CT molecular complexity index is 685. The van der Waals surface area contributed by atoms with E-state index in [4.69, 9.17) is 10.2 Å². The number of furan rings is 1. The van der Waals surface area contributed by atoms with Gasteiger partial charge in [0.05, 0.1) is 12.3 Å². The predicted octanol–water partition coefficient (Wildman–Crippen LogP) is 2.52. The van der Waals surface area contributed by atoms with Crippen LogP contribution < -0.4 is 16.4 Å². The Morgan fingerprint density at radius 3 is 2.38 bits per heavy atom. The zero-order valence-corrected chi connectivity index (χ0v) is 14.1. The smallest absolute Gasteiger partial charge is 0.291 e. The minimum absolute atomic E-state index is 0.183. The second-order valence-electron chi connectivity index (χ2n) is 6.69. The summed E-state index contributed by atoms with van der Waals surface area (Å²) in [7, 11) is 0. The Kier molecular flexibility index (Phi) is 5.41. The lowest BCUT2D eigenvalue weighted by atomic mass is 9.87. The first-order chi connectivity index (χ1) is 11.3. The third-order valence-corrected chi connectivity index (χ3v) is 3.64. The van der Waals surface area contributed by atoms with Gasteiger partial charge in [0, 0.05) is 12.2 Å². The van der Waals surface area contributed by atoms with Crippen LogP contribution in [0, 0.1) is 5.41 Å². The number of hydrogen-bond acceptors (Lipinski definition) is 4. The van der Waals surface area contributed by atoms with Crippen LogP contribution in [-0.4, -0.2) is 17.9 Å². The average Bonchev–Trinajstić information content (AvgIpc) is 3.07. The fourth-order valence-electron chi connectivity index (χ4n) is 2.00. The summed E-state index contributed by atoms with van der Waals surface area (Å²) in [6.07, 6.45) is 1.45. The first-order valence-corrected chi connectivity index (χ1v) is 7.74. The molecule has 0 saturated carbocycles. The number of carbonyl (C=O) groups is 2. The van der Waals surface area contributed by atoms with Gasteiger partial charge in [0.1, 0.15) is 0 Å². The summed E-state index contributed by atoms with van der Waals surface area (Å²) < 4.78 is 5.03. The molecule has 2 amide bonds. The van der Waals surface area contributed by atoms with E-state index in [0.717, 1.165) is 5.56 Å². The van der Waals surface area contributed by atoms with Crippen molar-refractivity contribution in [2.45, 2.75) is 33.4 Å². The largest absolute Gasteiger partial charge is 0.459 e. The van der Waals surface area contributed by atoms with Gasteiger partial charge in [-0.3, -0.25) is 9.59 Å². The Morgan fingerprint density at radius 1 is 1.17 bits per heavy atom. The fourth-order valence-corrected chi connectivity index (χ4v) is 2.00. The molecule has 6 heteroatoms. The van der Waals surface area contributed by atoms with Crippen LogP contribution in [0.3, 0.4) is 0 Å². The quantitative estimate of drug-likeness (QED) is 0.785. The fraction of sp³-hybridized carbons (Fsp3) is 0.333. The highest BCUT2D eigenvalue weighted by Gasteiger charge is 2.27. The molecule has 0 radical (unpaired) electrons. The molecule has 0 fully saturated rings. The lowest BCUT2D eigenvalue weighted by Crippen LogP contribution is -2.48. The van der Waals surface area contributed by atoms with Gasteiger partial charge < -0.3 is 20.8 Å². The molecule has 128 valence electrons. The Labute approximate surface area is 141 Å². The van der Waals surface area contributed by atoms with Gasteiger partial charge in [-0.15, -0.1) is 0 Å². The van der Waals surface area contributed by atoms with E-state index in [1.54, 1.807) is 24.3 Å². The number of nitrogens with one attached hydrogen (secondary N) is 2. The SMILES string of the molecule is CC(C)(C)[C@H](N)C(=O)NCc1ccc(NC(=O)c2ccco2)cc1. The second kappa shape index (κ2) is 7.31. The molecular weight excluding hydrogens is 306 g/mol. The summed E-state index contributed by atoms with van der Waals surface area (Å²) in [4.78, 5) is 23.9. The van der Waals surface area contributed by atoms with Crippen LogP contribution >= 0.6 is 0 Å². The van der Waals surface area contributed by atoms with E-state index in [9.17, 15) is 9.59 Å². The predicted molar refractivity (Wildman–Crippen MR) is 92.4 cm³/mol. The number of hydrogen-bond donors (Lipinski definition) is 3. The van der Waals surface area contributed by atoms with E-state index < -0.39 is 6.04 Å². The van der Waals surface area contributed by atoms with Crippen molar-refractivity contribution in [2.24, 2.45) is 11.1 Å². The maximum Gasteiger partial charge on any atom is 0.291 e. The van der Waals surface area contributed by atoms with Crippen LogP contribution in [0.25, 0.3) is 0 Å². The molecule has 0 aliphatic rings. The van der Waals surface area contributed by atoms with Crippen molar-refractivity contribution in [1.29, 1.82) is 0 Å². The summed E-state index contributed by atoms with van der Waals surface area (Å²) in [5, 5.41) is 5.56. The molecule has 0 aliphatic heterocycles. The molecule has 0 aliphatic carbocycles. The summed E-state index contributed by atoms with van der Waals surface area (Å²) in [6.45, 7) is 6.16. The Hall–Kier alpha value is -2.60. The third kappa shape index (κ3) is 4.70. The van der Waals surface area contributed by atoms with Gasteiger partial charge in [-0.25, -0.2) is 0 Å². The van der Waals surface area contributed by atoms with Crippen molar-refractivity contribution >= 4 is 17.5 Å². The molecule has 0 saturated heterocycles. The van der Waals surface area contributed by atoms with Crippen molar-refractivity contribution < 1.29 is 14.0 Å². The molecule has 1 atom stereocenters. The first kappa shape index (κ1) is 17.7. The van der Waals surface area contributed by atoms with Crippen LogP contribution in [0.2, 0.25) is 0 Å². The standard InChI is InChI=1S/C18H23N3O3/c1-18(2,3)15(19)17(23)20-11-12-6-8-13(9-7-12)21-16(22)14-5-4-10-24-14/h4-10,15H,11,19H2,1-3H3,(H,20,23)(H,21,22)/t15-/m1/s1. The van der Waals surface area contributed by atoms with Gasteiger partial charge in [-0.2, -0.15) is 0 Å². The molecule has 4 N–H and O–H groups in total. The lowest BCUT2D eigenvalue weighted by molar-refractivity contribution is -0.124. The van der Waals surface area contributed by atoms with Crippen molar-refractivity contribution in [3.8, 4) is 0 Å². The summed E-state index contributed by atoms with van der Waals surface area (Å²) in [5.74, 6) is -0.239. The molecule has 2 rings (SSSR count). The van der Waals surface area contributed by atoms with Gasteiger partial charge in [0.2, 0.25) is 5.91 Å². The van der Waals surface area contributed by atoms with Crippen LogP contribution in [0.1, 0.15) is 36.9 Å². The highest BCUT2D eigenvalue weighted by atomic mass is 16.3. The number of rotatable bonds is 5. The van der Waals surface area contributed by atoms with Gasteiger partial charge >= 0.3 is 0 Å². The number of amides is 2. The summed E-state index contributed by atoms with van der Waals surface area (Å²) in [6, 6.07) is 9.89. The molecule has 0 unspecified atom stereocenters. The number of nitrogens with two attached hydrogens (primary N) is 1. The highest BCUT2D eigenvalue weighted by Crippen LogP contribution is 2.17. The minimum Gasteiger partial charge on any atom is -0.459 e. The summed E-state index contributed by atoms with van der Waals surface area (Å²) >= 11 is 0. The van der Waals surface area contributed by atoms with Crippen molar-refractivity contribution in [3.05, 3.63) is 54.0 Å². The molecule has 0 bridgehead atoms. The number of anilines is 1. The van der Waals surface area contributed by atoms with Gasteiger partial charge in [-0.1, -0.05) is 32.9 Å². The second-order valence-corrected chi connectivity index (χ2v) is 6.69. The molecule has 1 aromatic heterocycles. The van der Waals surface area contributed by atoms with E-state index in [-0.39, 0.29) is 23.0 Å². The topological polar surface area (TPSA) is 97.4 Å².